The van der Waals surface area contributed by atoms with Gasteiger partial charge in [0.25, 0.3) is 10.0 Å². The molecule has 0 aromatic heterocycles. The number of anilines is 1. The van der Waals surface area contributed by atoms with Gasteiger partial charge in [-0.25, -0.2) is 8.42 Å². The molecule has 10 heteroatoms. The van der Waals surface area contributed by atoms with Gasteiger partial charge in [0, 0.05) is 24.1 Å². The van der Waals surface area contributed by atoms with Crippen molar-refractivity contribution < 1.29 is 22.7 Å². The quantitative estimate of drug-likeness (QED) is 0.742. The molecule has 0 spiro atoms. The van der Waals surface area contributed by atoms with Crippen LogP contribution in [0.25, 0.3) is 0 Å². The third-order valence-corrected chi connectivity index (χ3v) is 5.71. The van der Waals surface area contributed by atoms with Gasteiger partial charge in [0.05, 0.1) is 36.4 Å². The molecule has 3 rings (SSSR count). The lowest BCUT2D eigenvalue weighted by Crippen LogP contribution is -2.23. The van der Waals surface area contributed by atoms with Crippen LogP contribution in [-0.2, 0) is 14.8 Å². The molecule has 2 aromatic rings. The van der Waals surface area contributed by atoms with E-state index in [4.69, 9.17) is 21.1 Å². The van der Waals surface area contributed by atoms with Gasteiger partial charge in [0.1, 0.15) is 17.3 Å². The monoisotopic (exact) mass is 423 g/mol. The third-order valence-electron chi connectivity index (χ3n) is 4.02. The van der Waals surface area contributed by atoms with E-state index in [9.17, 15) is 13.2 Å². The van der Waals surface area contributed by atoms with Crippen molar-refractivity contribution in [3.8, 4) is 11.5 Å². The highest BCUT2D eigenvalue weighted by atomic mass is 35.5. The number of benzene rings is 2. The molecule has 0 radical (unpaired) electrons. The minimum absolute atomic E-state index is 0.0431. The third kappa shape index (κ3) is 4.05. The van der Waals surface area contributed by atoms with Gasteiger partial charge in [-0.05, 0) is 12.1 Å². The predicted octanol–water partition coefficient (Wildman–Crippen LogP) is 2.42. The molecule has 1 aliphatic heterocycles. The Bertz CT molecular complexity index is 1050. The second-order valence-corrected chi connectivity index (χ2v) is 7.88. The first kappa shape index (κ1) is 20.0. The highest BCUT2D eigenvalue weighted by Crippen LogP contribution is 2.35. The van der Waals surface area contributed by atoms with Crippen molar-refractivity contribution in [1.82, 2.24) is 4.72 Å². The highest BCUT2D eigenvalue weighted by molar-refractivity contribution is 7.90. The highest BCUT2D eigenvalue weighted by Gasteiger charge is 2.29. The Labute approximate surface area is 167 Å². The summed E-state index contributed by atoms with van der Waals surface area (Å²) in [6.45, 7) is 0.102. The van der Waals surface area contributed by atoms with Crippen molar-refractivity contribution in [2.75, 3.05) is 26.1 Å². The summed E-state index contributed by atoms with van der Waals surface area (Å²) < 4.78 is 36.9. The van der Waals surface area contributed by atoms with Gasteiger partial charge >= 0.3 is 0 Å². The Hall–Kier alpha value is -2.78. The molecular weight excluding hydrogens is 406 g/mol. The lowest BCUT2D eigenvalue weighted by Gasteiger charge is -2.13. The number of carbonyl (C=O) groups excluding carboxylic acids is 1. The van der Waals surface area contributed by atoms with E-state index in [0.717, 1.165) is 0 Å². The van der Waals surface area contributed by atoms with Crippen LogP contribution < -0.4 is 19.5 Å². The van der Waals surface area contributed by atoms with Crippen molar-refractivity contribution in [2.24, 2.45) is 4.99 Å². The van der Waals surface area contributed by atoms with Gasteiger partial charge in [-0.3, -0.25) is 14.5 Å². The van der Waals surface area contributed by atoms with Crippen LogP contribution in [-0.4, -0.2) is 40.9 Å². The van der Waals surface area contributed by atoms with Crippen molar-refractivity contribution in [3.63, 3.8) is 0 Å². The fourth-order valence-electron chi connectivity index (χ4n) is 2.69. The first-order chi connectivity index (χ1) is 13.4. The van der Waals surface area contributed by atoms with Gasteiger partial charge in [0.2, 0.25) is 5.91 Å². The Morgan fingerprint density at radius 1 is 1.18 bits per heavy atom. The Morgan fingerprint density at radius 2 is 1.89 bits per heavy atom. The van der Waals surface area contributed by atoms with Crippen LogP contribution in [0.1, 0.15) is 12.0 Å². The first-order valence-electron chi connectivity index (χ1n) is 8.23. The van der Waals surface area contributed by atoms with Gasteiger partial charge in [0.15, 0.2) is 0 Å². The molecule has 0 fully saturated rings. The summed E-state index contributed by atoms with van der Waals surface area (Å²) in [6, 6.07) is 9.64. The molecule has 0 saturated heterocycles. The maximum Gasteiger partial charge on any atom is 0.263 e. The molecular formula is C18H18ClN3O5S. The summed E-state index contributed by atoms with van der Waals surface area (Å²) in [7, 11) is -0.669. The van der Waals surface area contributed by atoms with Crippen molar-refractivity contribution in [1.29, 1.82) is 0 Å². The molecule has 1 aliphatic rings. The van der Waals surface area contributed by atoms with Crippen LogP contribution in [0.3, 0.4) is 0 Å². The largest absolute Gasteiger partial charge is 0.495 e. The number of carbonyl (C=O) groups is 1. The number of halogens is 1. The number of nitrogens with zero attached hydrogens (tertiary/aromatic N) is 1. The maximum absolute atomic E-state index is 12.3. The lowest BCUT2D eigenvalue weighted by molar-refractivity contribution is -0.116. The molecule has 2 N–H and O–H groups in total. The van der Waals surface area contributed by atoms with E-state index in [2.05, 4.69) is 15.0 Å². The minimum atomic E-state index is -3.60. The number of fused-ring (bicyclic) bond motifs is 1. The number of sulfonamides is 1. The Kier molecular flexibility index (Phi) is 5.76. The van der Waals surface area contributed by atoms with Gasteiger partial charge in [-0.2, -0.15) is 0 Å². The number of amides is 1. The zero-order valence-electron chi connectivity index (χ0n) is 15.2. The van der Waals surface area contributed by atoms with Crippen LogP contribution in [0.2, 0.25) is 5.02 Å². The second kappa shape index (κ2) is 8.07. The van der Waals surface area contributed by atoms with Gasteiger partial charge in [-0.1, -0.05) is 23.7 Å². The maximum atomic E-state index is 12.3. The standard InChI is InChI=1S/C18H18ClN3O5S/c1-26-14-10-13(15(27-2)9-12(14)19)21-17(23)7-8-20-18-11-5-3-4-6-16(11)28(24,25)22-18/h3-6,9-10H,7-8H2,1-2H3,(H,20,22)(H,21,23). The smallest absolute Gasteiger partial charge is 0.263 e. The van der Waals surface area contributed by atoms with Gasteiger partial charge in [-0.15, -0.1) is 0 Å². The predicted molar refractivity (Wildman–Crippen MR) is 106 cm³/mol. The average molecular weight is 424 g/mol. The number of aliphatic imine (C=N–C) groups is 1. The molecule has 0 unspecified atom stereocenters. The molecule has 148 valence electrons. The number of hydrogen-bond acceptors (Lipinski definition) is 6. The van der Waals surface area contributed by atoms with E-state index < -0.39 is 10.0 Å². The van der Waals surface area contributed by atoms with E-state index in [1.165, 1.54) is 20.3 Å². The summed E-state index contributed by atoms with van der Waals surface area (Å²) in [6.07, 6.45) is 0.0431. The summed E-state index contributed by atoms with van der Waals surface area (Å²) in [4.78, 5) is 16.7. The normalized spacial score (nSPS) is 15.6. The molecule has 28 heavy (non-hydrogen) atoms. The number of methoxy groups -OCH3 is 2. The van der Waals surface area contributed by atoms with Crippen molar-refractivity contribution in [2.45, 2.75) is 11.3 Å². The lowest BCUT2D eigenvalue weighted by atomic mass is 10.2. The van der Waals surface area contributed by atoms with Crippen molar-refractivity contribution in [3.05, 3.63) is 47.0 Å². The number of hydrogen-bond donors (Lipinski definition) is 2. The molecule has 0 atom stereocenters. The number of amidine groups is 1. The number of nitrogens with one attached hydrogen (secondary N) is 2. The van der Waals surface area contributed by atoms with E-state index in [1.54, 1.807) is 30.3 Å². The Morgan fingerprint density at radius 3 is 2.61 bits per heavy atom. The zero-order valence-corrected chi connectivity index (χ0v) is 16.7. The fraction of sp³-hybridized carbons (Fsp3) is 0.222. The summed E-state index contributed by atoms with van der Waals surface area (Å²) >= 11 is 6.05. The first-order valence-corrected chi connectivity index (χ1v) is 10.1. The van der Waals surface area contributed by atoms with E-state index in [1.807, 2.05) is 0 Å². The van der Waals surface area contributed by atoms with Crippen LogP contribution in [0, 0.1) is 0 Å². The molecule has 1 amide bonds. The van der Waals surface area contributed by atoms with E-state index in [0.29, 0.717) is 27.8 Å². The van der Waals surface area contributed by atoms with E-state index in [-0.39, 0.29) is 29.6 Å². The molecule has 1 heterocycles. The number of rotatable bonds is 6. The topological polar surface area (TPSA) is 106 Å². The van der Waals surface area contributed by atoms with Crippen molar-refractivity contribution >= 4 is 39.1 Å². The second-order valence-electron chi connectivity index (χ2n) is 5.82. The molecule has 0 bridgehead atoms. The minimum Gasteiger partial charge on any atom is -0.495 e. The molecule has 2 aromatic carbocycles. The van der Waals surface area contributed by atoms with Crippen LogP contribution in [0.5, 0.6) is 11.5 Å². The average Bonchev–Trinajstić information content (AvgIpc) is 2.93. The van der Waals surface area contributed by atoms with Gasteiger partial charge < -0.3 is 14.8 Å². The summed E-state index contributed by atoms with van der Waals surface area (Å²) in [5, 5.41) is 3.07. The molecule has 0 aliphatic carbocycles. The zero-order chi connectivity index (χ0) is 20.3. The molecule has 0 saturated carbocycles. The Balaban J connectivity index is 1.69. The summed E-state index contributed by atoms with van der Waals surface area (Å²) in [5.41, 5.74) is 0.903. The summed E-state index contributed by atoms with van der Waals surface area (Å²) in [5.74, 6) is 0.702. The van der Waals surface area contributed by atoms with Crippen LogP contribution in [0.4, 0.5) is 5.69 Å². The molecule has 8 nitrogen and oxygen atoms in total. The fourth-order valence-corrected chi connectivity index (χ4v) is 4.17. The van der Waals surface area contributed by atoms with Crippen LogP contribution in [0.15, 0.2) is 46.3 Å². The van der Waals surface area contributed by atoms with Crippen LogP contribution >= 0.6 is 11.6 Å². The SMILES string of the molecule is COc1cc(NC(=O)CCN=C2NS(=O)(=O)c3ccccc32)c(OC)cc1Cl. The van der Waals surface area contributed by atoms with E-state index >= 15 is 0 Å². The number of ether oxygens (including phenoxy) is 2.